The van der Waals surface area contributed by atoms with E-state index in [9.17, 15) is 14.4 Å². The number of carbonyl (C=O) groups is 3. The number of nitrogens with one attached hydrogen (secondary N) is 1. The summed E-state index contributed by atoms with van der Waals surface area (Å²) in [5.74, 6) is -0.200. The highest BCUT2D eigenvalue weighted by Crippen LogP contribution is 2.24. The zero-order valence-corrected chi connectivity index (χ0v) is 17.4. The highest BCUT2D eigenvalue weighted by atomic mass is 35.5. The van der Waals surface area contributed by atoms with E-state index in [1.807, 2.05) is 14.7 Å². The fourth-order valence-corrected chi connectivity index (χ4v) is 4.45. The van der Waals surface area contributed by atoms with Gasteiger partial charge in [0.2, 0.25) is 11.8 Å². The Bertz CT molecular complexity index is 556. The van der Waals surface area contributed by atoms with Crippen LogP contribution in [0.4, 0.5) is 4.79 Å². The number of halogens is 1. The summed E-state index contributed by atoms with van der Waals surface area (Å²) in [6.45, 7) is 4.99. The van der Waals surface area contributed by atoms with Gasteiger partial charge in [-0.05, 0) is 38.5 Å². The number of carbonyl (C=O) groups excluding carboxylic acids is 3. The molecule has 2 atom stereocenters. The summed E-state index contributed by atoms with van der Waals surface area (Å²) in [6, 6.07) is 0.0858. The van der Waals surface area contributed by atoms with Gasteiger partial charge in [0.25, 0.3) is 0 Å². The minimum atomic E-state index is -0.153. The Hall–Kier alpha value is -1.54. The molecule has 0 saturated carbocycles. The van der Waals surface area contributed by atoms with Gasteiger partial charge in [-0.25, -0.2) is 4.79 Å². The average Bonchev–Trinajstić information content (AvgIpc) is 3.26. The van der Waals surface area contributed by atoms with E-state index in [2.05, 4.69) is 5.32 Å². The van der Waals surface area contributed by atoms with Crippen molar-refractivity contribution in [2.75, 3.05) is 52.4 Å². The monoisotopic (exact) mass is 415 g/mol. The molecule has 160 valence electrons. The molecule has 2 unspecified atom stereocenters. The lowest BCUT2D eigenvalue weighted by Gasteiger charge is -2.38. The molecule has 3 saturated heterocycles. The van der Waals surface area contributed by atoms with Crippen molar-refractivity contribution in [3.63, 3.8) is 0 Å². The molecule has 8 nitrogen and oxygen atoms in total. The summed E-state index contributed by atoms with van der Waals surface area (Å²) in [7, 11) is 0. The number of likely N-dealkylation sites (tertiary alicyclic amines) is 3. The summed E-state index contributed by atoms with van der Waals surface area (Å²) < 4.78 is 0. The molecule has 3 aliphatic rings. The molecule has 9 heteroatoms. The first-order valence-electron chi connectivity index (χ1n) is 10.4. The highest BCUT2D eigenvalue weighted by molar-refractivity contribution is 5.85. The van der Waals surface area contributed by atoms with Crippen molar-refractivity contribution < 1.29 is 14.4 Å². The minimum absolute atomic E-state index is 0. The van der Waals surface area contributed by atoms with E-state index >= 15 is 0 Å². The Kier molecular flexibility index (Phi) is 8.82. The van der Waals surface area contributed by atoms with Crippen molar-refractivity contribution in [3.8, 4) is 0 Å². The first-order chi connectivity index (χ1) is 13.1. The van der Waals surface area contributed by atoms with Gasteiger partial charge in [0.15, 0.2) is 0 Å². The molecular formula is C19H34ClN5O3. The lowest BCUT2D eigenvalue weighted by atomic mass is 9.92. The second-order valence-corrected chi connectivity index (χ2v) is 7.97. The van der Waals surface area contributed by atoms with Gasteiger partial charge in [-0.2, -0.15) is 0 Å². The molecule has 0 aromatic heterocycles. The first-order valence-corrected chi connectivity index (χ1v) is 10.4. The Balaban J connectivity index is 0.00000280. The van der Waals surface area contributed by atoms with Crippen LogP contribution in [0.1, 0.15) is 38.5 Å². The molecule has 3 N–H and O–H groups in total. The third-order valence-electron chi connectivity index (χ3n) is 5.97. The summed E-state index contributed by atoms with van der Waals surface area (Å²) in [4.78, 5) is 43.5. The Morgan fingerprint density at radius 1 is 0.821 bits per heavy atom. The summed E-state index contributed by atoms with van der Waals surface area (Å²) in [5.41, 5.74) is 5.45. The largest absolute Gasteiger partial charge is 0.355 e. The summed E-state index contributed by atoms with van der Waals surface area (Å²) in [5, 5.41) is 2.83. The molecule has 0 spiro atoms. The van der Waals surface area contributed by atoms with Crippen LogP contribution in [0.15, 0.2) is 0 Å². The number of piperidine rings is 2. The maximum Gasteiger partial charge on any atom is 0.320 e. The van der Waals surface area contributed by atoms with Crippen LogP contribution in [-0.4, -0.2) is 84.9 Å². The predicted molar refractivity (Wildman–Crippen MR) is 109 cm³/mol. The fraction of sp³-hybridized carbons (Fsp3) is 0.842. The Labute approximate surface area is 173 Å². The predicted octanol–water partition coefficient (Wildman–Crippen LogP) is 0.650. The Morgan fingerprint density at radius 3 is 2.07 bits per heavy atom. The van der Waals surface area contributed by atoms with Crippen molar-refractivity contribution >= 4 is 30.3 Å². The van der Waals surface area contributed by atoms with Crippen molar-refractivity contribution in [1.82, 2.24) is 20.0 Å². The van der Waals surface area contributed by atoms with Crippen LogP contribution in [0.25, 0.3) is 0 Å². The number of rotatable bonds is 4. The molecule has 0 aromatic rings. The average molecular weight is 416 g/mol. The molecule has 0 radical (unpaired) electrons. The van der Waals surface area contributed by atoms with Gasteiger partial charge in [-0.3, -0.25) is 9.59 Å². The molecule has 3 fully saturated rings. The number of urea groups is 1. The van der Waals surface area contributed by atoms with Gasteiger partial charge in [-0.1, -0.05) is 0 Å². The van der Waals surface area contributed by atoms with E-state index in [1.54, 1.807) is 0 Å². The van der Waals surface area contributed by atoms with Crippen molar-refractivity contribution in [3.05, 3.63) is 0 Å². The maximum atomic E-state index is 13.0. The van der Waals surface area contributed by atoms with E-state index in [4.69, 9.17) is 5.73 Å². The molecule has 3 heterocycles. The van der Waals surface area contributed by atoms with E-state index in [0.29, 0.717) is 32.7 Å². The van der Waals surface area contributed by atoms with E-state index < -0.39 is 0 Å². The molecule has 28 heavy (non-hydrogen) atoms. The van der Waals surface area contributed by atoms with Crippen LogP contribution in [0.2, 0.25) is 0 Å². The van der Waals surface area contributed by atoms with Gasteiger partial charge in [-0.15, -0.1) is 12.4 Å². The number of amides is 4. The lowest BCUT2D eigenvalue weighted by molar-refractivity contribution is -0.140. The third-order valence-corrected chi connectivity index (χ3v) is 5.97. The SMILES string of the molecule is Cl.NCCNC(=O)C1CCCN(C(=O)C2CCCN(C(=O)N3CCCC3)C2)C1. The Morgan fingerprint density at radius 2 is 1.39 bits per heavy atom. The van der Waals surface area contributed by atoms with Crippen molar-refractivity contribution in [2.24, 2.45) is 17.6 Å². The van der Waals surface area contributed by atoms with Crippen LogP contribution >= 0.6 is 12.4 Å². The molecule has 4 amide bonds. The quantitative estimate of drug-likeness (QED) is 0.704. The molecule has 0 bridgehead atoms. The standard InChI is InChI=1S/C19H33N5O3.ClH/c20-7-8-21-17(25)15-5-3-11-23(13-15)18(26)16-6-4-12-24(14-16)19(27)22-9-1-2-10-22;/h15-16H,1-14,20H2,(H,21,25);1H. The van der Waals surface area contributed by atoms with E-state index in [0.717, 1.165) is 58.2 Å². The smallest absolute Gasteiger partial charge is 0.320 e. The number of nitrogens with zero attached hydrogens (tertiary/aromatic N) is 3. The lowest BCUT2D eigenvalue weighted by Crippen LogP contribution is -2.52. The van der Waals surface area contributed by atoms with Crippen LogP contribution in [0.3, 0.4) is 0 Å². The van der Waals surface area contributed by atoms with Gasteiger partial charge in [0, 0.05) is 52.4 Å². The zero-order valence-electron chi connectivity index (χ0n) is 16.6. The molecule has 0 aliphatic carbocycles. The normalized spacial score (nSPS) is 25.2. The zero-order chi connectivity index (χ0) is 19.2. The second kappa shape index (κ2) is 10.9. The van der Waals surface area contributed by atoms with Gasteiger partial charge >= 0.3 is 6.03 Å². The summed E-state index contributed by atoms with van der Waals surface area (Å²) in [6.07, 6.45) is 5.49. The molecule has 3 aliphatic heterocycles. The molecular weight excluding hydrogens is 382 g/mol. The number of hydrogen-bond donors (Lipinski definition) is 2. The fourth-order valence-electron chi connectivity index (χ4n) is 4.45. The topological polar surface area (TPSA) is 99.0 Å². The first kappa shape index (κ1) is 22.7. The van der Waals surface area contributed by atoms with E-state index in [1.165, 1.54) is 0 Å². The number of hydrogen-bond acceptors (Lipinski definition) is 4. The van der Waals surface area contributed by atoms with Gasteiger partial charge in [0.05, 0.1) is 11.8 Å². The van der Waals surface area contributed by atoms with Crippen molar-refractivity contribution in [2.45, 2.75) is 38.5 Å². The highest BCUT2D eigenvalue weighted by Gasteiger charge is 2.36. The summed E-state index contributed by atoms with van der Waals surface area (Å²) >= 11 is 0. The van der Waals surface area contributed by atoms with Crippen LogP contribution in [-0.2, 0) is 9.59 Å². The third kappa shape index (κ3) is 5.50. The van der Waals surface area contributed by atoms with Crippen LogP contribution in [0, 0.1) is 11.8 Å². The maximum absolute atomic E-state index is 13.0. The van der Waals surface area contributed by atoms with Gasteiger partial charge in [0.1, 0.15) is 0 Å². The molecule has 0 aromatic carbocycles. The van der Waals surface area contributed by atoms with Crippen LogP contribution in [0.5, 0.6) is 0 Å². The van der Waals surface area contributed by atoms with Crippen LogP contribution < -0.4 is 11.1 Å². The minimum Gasteiger partial charge on any atom is -0.355 e. The molecule has 3 rings (SSSR count). The second-order valence-electron chi connectivity index (χ2n) is 7.97. The van der Waals surface area contributed by atoms with Crippen molar-refractivity contribution in [1.29, 1.82) is 0 Å². The van der Waals surface area contributed by atoms with Gasteiger partial charge < -0.3 is 25.8 Å². The van der Waals surface area contributed by atoms with E-state index in [-0.39, 0.29) is 42.1 Å². The number of nitrogens with two attached hydrogens (primary N) is 1.